The van der Waals surface area contributed by atoms with Crippen molar-refractivity contribution >= 4 is 95.2 Å². The van der Waals surface area contributed by atoms with Gasteiger partial charge < -0.3 is 37.0 Å². The van der Waals surface area contributed by atoms with E-state index < -0.39 is 21.8 Å². The number of carbonyl (C=O) groups is 2. The normalized spacial score (nSPS) is 11.7. The molecule has 7 rings (SSSR count). The fourth-order valence-corrected chi connectivity index (χ4v) is 4.57. The Hall–Kier alpha value is -4.86. The van der Waals surface area contributed by atoms with E-state index in [9.17, 15) is 29.8 Å². The predicted molar refractivity (Wildman–Crippen MR) is 190 cm³/mol. The van der Waals surface area contributed by atoms with Gasteiger partial charge >= 0.3 is 46.1 Å². The van der Waals surface area contributed by atoms with E-state index >= 15 is 0 Å². The molecule has 52 heavy (non-hydrogen) atoms. The third kappa shape index (κ3) is 11.1. The minimum atomic E-state index is -1.06. The standard InChI is InChI=1S/2C12H7N3O2.C8H6O4.2ClH.3Cu.H2O/c2*16-15(17)10-7-8-3-1-5-13-11(8)12-9(10)4-2-6-14-12;9-7(10)5-1-2-6(4-3-5)8(11)12;;;;;;/h2*1-7H;1-4H,(H,9,10)(H,11,12);2*1H;;;;1H2/q2*-2;;;;;2*+2;. The van der Waals surface area contributed by atoms with Gasteiger partial charge in [-0.3, -0.25) is 20.2 Å². The Kier molecular flexibility index (Phi) is 21.0. The SMILES string of the molecule is Cl.Cl.O.O=C(O)c1ccc(C(=O)O)cc1.O=[N+]([O-])c1cc2c(c3c1=CC=C[N-]3)[N-]C=CC=2.O=[N+]([O-])c1cc2c(c3c1=CC=C[N-]3)[N-]C=CC=2.[Cu+2].[Cu+2].[Cu]. The van der Waals surface area contributed by atoms with Crippen molar-refractivity contribution < 1.29 is 86.3 Å². The molecule has 3 aromatic rings. The molecular formula is C32H24Cl2Cu3N6O9. The van der Waals surface area contributed by atoms with Crippen LogP contribution in [0.15, 0.2) is 85.5 Å². The molecule has 4 aliphatic heterocycles. The number of benzene rings is 3. The molecule has 3 aromatic carbocycles. The van der Waals surface area contributed by atoms with Gasteiger partial charge in [0.1, 0.15) is 0 Å². The van der Waals surface area contributed by atoms with E-state index in [2.05, 4.69) is 21.3 Å². The smallest absolute Gasteiger partial charge is 0.665 e. The number of carboxylic acid groups (broad SMARTS) is 2. The first-order valence-corrected chi connectivity index (χ1v) is 13.3. The molecule has 4 aliphatic rings. The predicted octanol–water partition coefficient (Wildman–Crippen LogP) is 5.54. The zero-order valence-electron chi connectivity index (χ0n) is 25.6. The van der Waals surface area contributed by atoms with Gasteiger partial charge in [-0.25, -0.2) is 9.59 Å². The van der Waals surface area contributed by atoms with Gasteiger partial charge in [-0.05, 0) is 34.7 Å². The van der Waals surface area contributed by atoms with Crippen molar-refractivity contribution in [2.24, 2.45) is 0 Å². The van der Waals surface area contributed by atoms with Gasteiger partial charge in [-0.15, -0.1) is 47.6 Å². The molecule has 15 nitrogen and oxygen atoms in total. The van der Waals surface area contributed by atoms with Crippen LogP contribution in [0.1, 0.15) is 20.7 Å². The summed E-state index contributed by atoms with van der Waals surface area (Å²) in [6.45, 7) is 0. The van der Waals surface area contributed by atoms with Crippen molar-refractivity contribution in [3.63, 3.8) is 0 Å². The topological polar surface area (TPSA) is 249 Å². The van der Waals surface area contributed by atoms with Crippen molar-refractivity contribution in [2.75, 3.05) is 0 Å². The van der Waals surface area contributed by atoms with Crippen molar-refractivity contribution in [3.05, 3.63) is 159 Å². The first-order valence-electron chi connectivity index (χ1n) is 13.3. The van der Waals surface area contributed by atoms with Crippen molar-refractivity contribution in [3.8, 4) is 0 Å². The largest absolute Gasteiger partial charge is 2.00 e. The van der Waals surface area contributed by atoms with Gasteiger partial charge in [0.2, 0.25) is 0 Å². The summed E-state index contributed by atoms with van der Waals surface area (Å²) in [7, 11) is 0. The zero-order chi connectivity index (χ0) is 32.8. The summed E-state index contributed by atoms with van der Waals surface area (Å²) < 4.78 is 0. The van der Waals surface area contributed by atoms with Gasteiger partial charge in [0.05, 0.1) is 21.0 Å². The Labute approximate surface area is 338 Å². The number of halogens is 2. The van der Waals surface area contributed by atoms with Gasteiger partial charge in [0, 0.05) is 39.6 Å². The Morgan fingerprint density at radius 2 is 0.846 bits per heavy atom. The first kappa shape index (κ1) is 49.3. The van der Waals surface area contributed by atoms with E-state index in [4.69, 9.17) is 10.2 Å². The average Bonchev–Trinajstić information content (AvgIpc) is 3.08. The van der Waals surface area contributed by atoms with Gasteiger partial charge in [-0.1, -0.05) is 48.6 Å². The molecule has 0 aromatic heterocycles. The molecule has 4 N–H and O–H groups in total. The fourth-order valence-electron chi connectivity index (χ4n) is 4.57. The minimum absolute atomic E-state index is 0. The second-order valence-electron chi connectivity index (χ2n) is 9.44. The molecular weight excluding hydrogens is 874 g/mol. The number of rotatable bonds is 4. The zero-order valence-corrected chi connectivity index (χ0v) is 30.1. The van der Waals surface area contributed by atoms with E-state index in [1.807, 2.05) is 0 Å². The number of fused-ring (bicyclic) bond motifs is 6. The molecule has 0 bridgehead atoms. The van der Waals surface area contributed by atoms with E-state index in [1.54, 1.807) is 73.4 Å². The molecule has 20 heteroatoms. The quantitative estimate of drug-likeness (QED) is 0.191. The van der Waals surface area contributed by atoms with Gasteiger partial charge in [0.15, 0.2) is 0 Å². The molecule has 0 unspecified atom stereocenters. The van der Waals surface area contributed by atoms with Crippen LogP contribution in [0.4, 0.5) is 34.1 Å². The van der Waals surface area contributed by atoms with E-state index in [0.29, 0.717) is 33.2 Å². The Bertz CT molecular complexity index is 2040. The molecule has 0 aliphatic carbocycles. The van der Waals surface area contributed by atoms with E-state index in [1.165, 1.54) is 36.4 Å². The molecule has 4 heterocycles. The molecule has 0 saturated heterocycles. The van der Waals surface area contributed by atoms with Crippen LogP contribution in [0, 0.1) is 20.2 Å². The van der Waals surface area contributed by atoms with Gasteiger partial charge in [0.25, 0.3) is 11.4 Å². The minimum Gasteiger partial charge on any atom is -0.665 e. The molecule has 0 saturated carbocycles. The van der Waals surface area contributed by atoms with Crippen LogP contribution in [0.2, 0.25) is 0 Å². The number of aromatic carboxylic acids is 2. The maximum Gasteiger partial charge on any atom is 2.00 e. The van der Waals surface area contributed by atoms with Gasteiger partial charge in [-0.2, -0.15) is 24.8 Å². The summed E-state index contributed by atoms with van der Waals surface area (Å²) in [6, 6.07) is 8.09. The number of carboxylic acids is 2. The first-order chi connectivity index (χ1) is 22.2. The Morgan fingerprint density at radius 1 is 0.558 bits per heavy atom. The number of allylic oxidation sites excluding steroid dienone is 4. The molecule has 3 radical (unpaired) electrons. The van der Waals surface area contributed by atoms with E-state index in [-0.39, 0.29) is 104 Å². The third-order valence-corrected chi connectivity index (χ3v) is 6.65. The second-order valence-corrected chi connectivity index (χ2v) is 9.44. The number of nitrogens with zero attached hydrogens (tertiary/aromatic N) is 6. The van der Waals surface area contributed by atoms with Crippen LogP contribution in [0.5, 0.6) is 0 Å². The number of hydrogen-bond acceptors (Lipinski definition) is 6. The average molecular weight is 898 g/mol. The molecule has 283 valence electrons. The van der Waals surface area contributed by atoms with Crippen LogP contribution in [-0.4, -0.2) is 37.5 Å². The third-order valence-electron chi connectivity index (χ3n) is 6.65. The number of non-ortho nitro benzene ring substituents is 2. The van der Waals surface area contributed by atoms with Crippen LogP contribution < -0.4 is 20.9 Å². The summed E-state index contributed by atoms with van der Waals surface area (Å²) in [5.74, 6) is -2.13. The Morgan fingerprint density at radius 3 is 1.13 bits per heavy atom. The van der Waals surface area contributed by atoms with Crippen molar-refractivity contribution in [1.82, 2.24) is 0 Å². The van der Waals surface area contributed by atoms with Crippen LogP contribution >= 0.6 is 24.8 Å². The summed E-state index contributed by atoms with van der Waals surface area (Å²) in [5.41, 5.74) is 2.80. The number of hydrogen-bond donors (Lipinski definition) is 2. The monoisotopic (exact) mass is 895 g/mol. The fraction of sp³-hybridized carbons (Fsp3) is 0. The Balaban J connectivity index is 0. The van der Waals surface area contributed by atoms with Crippen LogP contribution in [0.25, 0.3) is 45.6 Å². The molecule has 0 spiro atoms. The van der Waals surface area contributed by atoms with E-state index in [0.717, 1.165) is 10.4 Å². The molecule has 0 amide bonds. The summed E-state index contributed by atoms with van der Waals surface area (Å²) in [4.78, 5) is 41.9. The second kappa shape index (κ2) is 22.2. The maximum absolute atomic E-state index is 11.0. The number of nitro benzene ring substituents is 2. The summed E-state index contributed by atoms with van der Waals surface area (Å²) in [5, 5.41) is 58.3. The summed E-state index contributed by atoms with van der Waals surface area (Å²) >= 11 is 0. The van der Waals surface area contributed by atoms with Crippen molar-refractivity contribution in [2.45, 2.75) is 0 Å². The van der Waals surface area contributed by atoms with Crippen molar-refractivity contribution in [1.29, 1.82) is 0 Å². The summed E-state index contributed by atoms with van der Waals surface area (Å²) in [6.07, 6.45) is 20.4. The van der Waals surface area contributed by atoms with Crippen LogP contribution in [0.3, 0.4) is 0 Å². The maximum atomic E-state index is 11.0. The van der Waals surface area contributed by atoms with Crippen LogP contribution in [-0.2, 0) is 51.2 Å². The number of nitro groups is 2. The molecule has 0 atom stereocenters. The molecule has 0 fully saturated rings.